The Kier molecular flexibility index (Phi) is 6.05. The van der Waals surface area contributed by atoms with Crippen LogP contribution < -0.4 is 5.32 Å². The number of rotatable bonds is 5. The third kappa shape index (κ3) is 4.26. The molecule has 2 aromatic carbocycles. The molecule has 0 aliphatic rings. The first-order valence-electron chi connectivity index (χ1n) is 8.01. The molecule has 0 fully saturated rings. The number of aryl methyl sites for hydroxylation is 1. The molecule has 1 heterocycles. The lowest BCUT2D eigenvalue weighted by atomic mass is 10.0. The number of benzene rings is 2. The smallest absolute Gasteiger partial charge is 0.229 e. The summed E-state index contributed by atoms with van der Waals surface area (Å²) in [5.41, 5.74) is 2.72. The van der Waals surface area contributed by atoms with E-state index in [1.165, 1.54) is 4.68 Å². The van der Waals surface area contributed by atoms with Gasteiger partial charge in [-0.15, -0.1) is 0 Å². The molecule has 3 aromatic rings. The number of halogens is 4. The fourth-order valence-electron chi connectivity index (χ4n) is 2.80. The maximum Gasteiger partial charge on any atom is 0.229 e. The molecule has 0 spiro atoms. The Morgan fingerprint density at radius 1 is 1.15 bits per heavy atom. The highest BCUT2D eigenvalue weighted by molar-refractivity contribution is 6.36. The molecule has 27 heavy (non-hydrogen) atoms. The quantitative estimate of drug-likeness (QED) is 0.569. The van der Waals surface area contributed by atoms with E-state index in [-0.39, 0.29) is 23.2 Å². The summed E-state index contributed by atoms with van der Waals surface area (Å²) in [6, 6.07) is 12.4. The summed E-state index contributed by atoms with van der Waals surface area (Å²) in [7, 11) is 1.58. The maximum absolute atomic E-state index is 13.2. The molecule has 4 nitrogen and oxygen atoms in total. The Morgan fingerprint density at radius 3 is 2.59 bits per heavy atom. The van der Waals surface area contributed by atoms with Gasteiger partial charge in [0.05, 0.1) is 12.1 Å². The van der Waals surface area contributed by atoms with Gasteiger partial charge in [0.15, 0.2) is 5.15 Å². The van der Waals surface area contributed by atoms with Crippen molar-refractivity contribution in [1.29, 1.82) is 0 Å². The Morgan fingerprint density at radius 2 is 1.89 bits per heavy atom. The van der Waals surface area contributed by atoms with Crippen molar-refractivity contribution < 1.29 is 9.18 Å². The summed E-state index contributed by atoms with van der Waals surface area (Å²) in [6.07, 6.45) is -0.0887. The number of alkyl halides is 1. The summed E-state index contributed by atoms with van der Waals surface area (Å²) in [5.74, 6) is -0.336. The minimum atomic E-state index is -0.754. The van der Waals surface area contributed by atoms with Gasteiger partial charge in [0, 0.05) is 39.5 Å². The van der Waals surface area contributed by atoms with E-state index in [0.717, 1.165) is 11.1 Å². The fourth-order valence-corrected chi connectivity index (χ4v) is 3.60. The number of anilines is 1. The average molecular weight is 427 g/mol. The van der Waals surface area contributed by atoms with E-state index >= 15 is 0 Å². The van der Waals surface area contributed by atoms with E-state index in [2.05, 4.69) is 10.4 Å². The molecule has 8 heteroatoms. The number of hydrogen-bond donors (Lipinski definition) is 1. The second kappa shape index (κ2) is 8.30. The molecule has 0 aliphatic carbocycles. The van der Waals surface area contributed by atoms with Gasteiger partial charge >= 0.3 is 0 Å². The summed E-state index contributed by atoms with van der Waals surface area (Å²) in [5, 5.41) is 7.91. The zero-order valence-corrected chi connectivity index (χ0v) is 16.5. The molecule has 0 saturated heterocycles. The number of para-hydroxylation sites is 1. The predicted octanol–water partition coefficient (Wildman–Crippen LogP) is 5.70. The lowest BCUT2D eigenvalue weighted by Crippen LogP contribution is -2.16. The van der Waals surface area contributed by atoms with Crippen LogP contribution in [0.25, 0.3) is 11.1 Å². The van der Waals surface area contributed by atoms with Crippen LogP contribution in [-0.2, 0) is 24.9 Å². The van der Waals surface area contributed by atoms with E-state index in [1.807, 2.05) is 12.1 Å². The van der Waals surface area contributed by atoms with E-state index in [9.17, 15) is 9.18 Å². The molecule has 0 atom stereocenters. The lowest BCUT2D eigenvalue weighted by molar-refractivity contribution is -0.115. The number of carbonyl (C=O) groups excluding carboxylic acids is 1. The normalized spacial score (nSPS) is 10.9. The highest BCUT2D eigenvalue weighted by Gasteiger charge is 2.19. The van der Waals surface area contributed by atoms with Crippen molar-refractivity contribution in [2.75, 3.05) is 5.32 Å². The van der Waals surface area contributed by atoms with Gasteiger partial charge in [-0.25, -0.2) is 4.39 Å². The molecular weight excluding hydrogens is 412 g/mol. The number of hydrogen-bond acceptors (Lipinski definition) is 2. The van der Waals surface area contributed by atoms with E-state index in [0.29, 0.717) is 21.3 Å². The lowest BCUT2D eigenvalue weighted by Gasteiger charge is -2.13. The van der Waals surface area contributed by atoms with Crippen molar-refractivity contribution >= 4 is 46.4 Å². The van der Waals surface area contributed by atoms with Crippen LogP contribution >= 0.6 is 34.8 Å². The zero-order valence-electron chi connectivity index (χ0n) is 14.3. The van der Waals surface area contributed by atoms with Crippen LogP contribution in [0.5, 0.6) is 0 Å². The molecule has 0 bridgehead atoms. The van der Waals surface area contributed by atoms with Gasteiger partial charge in [-0.05, 0) is 18.2 Å². The van der Waals surface area contributed by atoms with Crippen LogP contribution in [0.3, 0.4) is 0 Å². The summed E-state index contributed by atoms with van der Waals surface area (Å²) in [4.78, 5) is 12.6. The van der Waals surface area contributed by atoms with Crippen LogP contribution in [0, 0.1) is 0 Å². The third-order valence-corrected chi connectivity index (χ3v) is 4.96. The second-order valence-corrected chi connectivity index (χ2v) is 7.07. The van der Waals surface area contributed by atoms with Gasteiger partial charge < -0.3 is 5.32 Å². The maximum atomic E-state index is 13.2. The van der Waals surface area contributed by atoms with Gasteiger partial charge in [-0.3, -0.25) is 9.48 Å². The SMILES string of the molecule is Cn1nc(Cl)c(CC(=O)Nc2ccccc2-c2ccc(Cl)cc2Cl)c1CF. The predicted molar refractivity (Wildman–Crippen MR) is 107 cm³/mol. The molecule has 3 rings (SSSR count). The minimum Gasteiger partial charge on any atom is -0.325 e. The van der Waals surface area contributed by atoms with E-state index in [1.54, 1.807) is 37.4 Å². The Hall–Kier alpha value is -2.08. The van der Waals surface area contributed by atoms with Crippen molar-refractivity contribution in [3.63, 3.8) is 0 Å². The van der Waals surface area contributed by atoms with Gasteiger partial charge in [0.2, 0.25) is 5.91 Å². The fraction of sp³-hybridized carbons (Fsp3) is 0.158. The van der Waals surface area contributed by atoms with Crippen molar-refractivity contribution in [3.05, 3.63) is 68.9 Å². The number of nitrogens with one attached hydrogen (secondary N) is 1. The first-order chi connectivity index (χ1) is 12.9. The van der Waals surface area contributed by atoms with E-state index in [4.69, 9.17) is 34.8 Å². The van der Waals surface area contributed by atoms with E-state index < -0.39 is 6.67 Å². The topological polar surface area (TPSA) is 46.9 Å². The van der Waals surface area contributed by atoms with Crippen LogP contribution in [0.15, 0.2) is 42.5 Å². The number of carbonyl (C=O) groups is 1. The standard InChI is InChI=1S/C19H15Cl3FN3O/c1-26-17(10-23)14(19(22)25-26)9-18(27)24-16-5-3-2-4-13(16)12-7-6-11(20)8-15(12)21/h2-8H,9-10H2,1H3,(H,24,27). The van der Waals surface area contributed by atoms with Crippen LogP contribution in [-0.4, -0.2) is 15.7 Å². The summed E-state index contributed by atoms with van der Waals surface area (Å²) in [6.45, 7) is -0.754. The van der Waals surface area contributed by atoms with Gasteiger partial charge in [-0.2, -0.15) is 5.10 Å². The van der Waals surface area contributed by atoms with Gasteiger partial charge in [0.1, 0.15) is 6.67 Å². The molecule has 1 aromatic heterocycles. The summed E-state index contributed by atoms with van der Waals surface area (Å²) >= 11 is 18.3. The molecular formula is C19H15Cl3FN3O. The van der Waals surface area contributed by atoms with Gasteiger partial charge in [-0.1, -0.05) is 59.1 Å². The van der Waals surface area contributed by atoms with Crippen molar-refractivity contribution in [2.24, 2.45) is 7.05 Å². The van der Waals surface area contributed by atoms with Crippen molar-refractivity contribution in [3.8, 4) is 11.1 Å². The van der Waals surface area contributed by atoms with Crippen LogP contribution in [0.2, 0.25) is 15.2 Å². The number of nitrogens with zero attached hydrogens (tertiary/aromatic N) is 2. The van der Waals surface area contributed by atoms with Crippen molar-refractivity contribution in [2.45, 2.75) is 13.1 Å². The van der Waals surface area contributed by atoms with Gasteiger partial charge in [0.25, 0.3) is 0 Å². The minimum absolute atomic E-state index is 0.0887. The molecule has 140 valence electrons. The third-order valence-electron chi connectivity index (χ3n) is 4.11. The monoisotopic (exact) mass is 425 g/mol. The first-order valence-corrected chi connectivity index (χ1v) is 9.14. The second-order valence-electron chi connectivity index (χ2n) is 5.87. The zero-order chi connectivity index (χ0) is 19.6. The molecule has 1 N–H and O–H groups in total. The van der Waals surface area contributed by atoms with Crippen molar-refractivity contribution in [1.82, 2.24) is 9.78 Å². The Balaban J connectivity index is 1.88. The molecule has 0 radical (unpaired) electrons. The number of aromatic nitrogens is 2. The number of amides is 1. The molecule has 1 amide bonds. The molecule has 0 saturated carbocycles. The van der Waals surface area contributed by atoms with Crippen LogP contribution in [0.4, 0.5) is 10.1 Å². The van der Waals surface area contributed by atoms with Crippen LogP contribution in [0.1, 0.15) is 11.3 Å². The Bertz CT molecular complexity index is 1000. The first kappa shape index (κ1) is 19.7. The summed E-state index contributed by atoms with van der Waals surface area (Å²) < 4.78 is 14.6. The highest BCUT2D eigenvalue weighted by atomic mass is 35.5. The Labute approximate surface area is 170 Å². The molecule has 0 aliphatic heterocycles. The molecule has 0 unspecified atom stereocenters. The highest BCUT2D eigenvalue weighted by Crippen LogP contribution is 2.35. The average Bonchev–Trinajstić information content (AvgIpc) is 2.88. The largest absolute Gasteiger partial charge is 0.325 e.